The molecule has 0 saturated carbocycles. The van der Waals surface area contributed by atoms with Crippen LogP contribution in [0.5, 0.6) is 0 Å². The first-order valence-corrected chi connectivity index (χ1v) is 6.52. The molecule has 0 aliphatic carbocycles. The second-order valence-corrected chi connectivity index (χ2v) is 4.75. The largest absolute Gasteiger partial charge is 0.477 e. The van der Waals surface area contributed by atoms with E-state index < -0.39 is 5.97 Å². The molecule has 2 heterocycles. The van der Waals surface area contributed by atoms with Gasteiger partial charge >= 0.3 is 5.97 Å². The number of carboxylic acids is 1. The van der Waals surface area contributed by atoms with Crippen molar-refractivity contribution in [1.82, 2.24) is 10.3 Å². The first-order chi connectivity index (χ1) is 8.66. The maximum absolute atomic E-state index is 10.8. The minimum absolute atomic E-state index is 0.0843. The summed E-state index contributed by atoms with van der Waals surface area (Å²) in [7, 11) is 0. The summed E-state index contributed by atoms with van der Waals surface area (Å²) in [5.74, 6) is -0.995. The maximum Gasteiger partial charge on any atom is 0.354 e. The van der Waals surface area contributed by atoms with E-state index in [9.17, 15) is 4.79 Å². The molecule has 2 N–H and O–H groups in total. The number of hydrogen-bond acceptors (Lipinski definition) is 4. The zero-order valence-electron chi connectivity index (χ0n) is 10.0. The first-order valence-electron chi connectivity index (χ1n) is 5.58. The monoisotopic (exact) mass is 262 g/mol. The minimum Gasteiger partial charge on any atom is -0.477 e. The van der Waals surface area contributed by atoms with Gasteiger partial charge < -0.3 is 10.4 Å². The Morgan fingerprint density at radius 2 is 2.22 bits per heavy atom. The molecule has 0 amide bonds. The van der Waals surface area contributed by atoms with Crippen LogP contribution in [0.3, 0.4) is 0 Å². The number of pyridine rings is 1. The highest BCUT2D eigenvalue weighted by molar-refractivity contribution is 7.08. The summed E-state index contributed by atoms with van der Waals surface area (Å²) in [6.45, 7) is 3.42. The lowest BCUT2D eigenvalue weighted by Crippen LogP contribution is -2.14. The Kier molecular flexibility index (Phi) is 4.07. The quantitative estimate of drug-likeness (QED) is 0.868. The van der Waals surface area contributed by atoms with Gasteiger partial charge in [0.25, 0.3) is 0 Å². The Hall–Kier alpha value is -1.72. The molecular formula is C13H14N2O2S. The molecule has 2 rings (SSSR count). The molecule has 0 bridgehead atoms. The number of nitrogens with one attached hydrogen (secondary N) is 1. The lowest BCUT2D eigenvalue weighted by molar-refractivity contribution is 0.0690. The van der Waals surface area contributed by atoms with Crippen LogP contribution in [0.25, 0.3) is 0 Å². The third-order valence-electron chi connectivity index (χ3n) is 2.61. The van der Waals surface area contributed by atoms with E-state index in [0.717, 1.165) is 12.2 Å². The van der Waals surface area contributed by atoms with E-state index in [1.54, 1.807) is 17.4 Å². The van der Waals surface area contributed by atoms with Crippen molar-refractivity contribution in [3.8, 4) is 0 Å². The van der Waals surface area contributed by atoms with Crippen LogP contribution >= 0.6 is 11.3 Å². The zero-order valence-corrected chi connectivity index (χ0v) is 10.8. The van der Waals surface area contributed by atoms with E-state index in [1.807, 2.05) is 6.07 Å². The number of aromatic carboxylic acids is 1. The normalized spacial score (nSPS) is 10.5. The first kappa shape index (κ1) is 12.7. The second kappa shape index (κ2) is 5.75. The molecule has 2 aromatic heterocycles. The lowest BCUT2D eigenvalue weighted by Gasteiger charge is -2.04. The molecule has 0 atom stereocenters. The fraction of sp³-hybridized carbons (Fsp3) is 0.231. The topological polar surface area (TPSA) is 62.2 Å². The number of aromatic nitrogens is 1. The Morgan fingerprint density at radius 1 is 1.39 bits per heavy atom. The molecule has 5 heteroatoms. The Labute approximate surface area is 109 Å². The molecule has 0 radical (unpaired) electrons. The van der Waals surface area contributed by atoms with Crippen molar-refractivity contribution in [2.75, 3.05) is 0 Å². The van der Waals surface area contributed by atoms with Crippen molar-refractivity contribution < 1.29 is 9.90 Å². The van der Waals surface area contributed by atoms with Crippen LogP contribution in [0.2, 0.25) is 0 Å². The average molecular weight is 262 g/mol. The maximum atomic E-state index is 10.8. The van der Waals surface area contributed by atoms with Gasteiger partial charge in [0.15, 0.2) is 0 Å². The van der Waals surface area contributed by atoms with Crippen molar-refractivity contribution in [3.05, 3.63) is 51.5 Å². The highest BCUT2D eigenvalue weighted by atomic mass is 32.1. The number of rotatable bonds is 5. The Morgan fingerprint density at radius 3 is 2.89 bits per heavy atom. The van der Waals surface area contributed by atoms with Crippen LogP contribution in [0.4, 0.5) is 0 Å². The number of thiophene rings is 1. The van der Waals surface area contributed by atoms with Crippen LogP contribution in [0.1, 0.15) is 27.3 Å². The van der Waals surface area contributed by atoms with Crippen molar-refractivity contribution in [2.24, 2.45) is 0 Å². The smallest absolute Gasteiger partial charge is 0.354 e. The van der Waals surface area contributed by atoms with Crippen LogP contribution in [-0.4, -0.2) is 16.1 Å². The number of hydrogen-bond donors (Lipinski definition) is 2. The van der Waals surface area contributed by atoms with E-state index >= 15 is 0 Å². The van der Waals surface area contributed by atoms with E-state index in [2.05, 4.69) is 28.0 Å². The van der Waals surface area contributed by atoms with Gasteiger partial charge in [0.2, 0.25) is 0 Å². The fourth-order valence-electron chi connectivity index (χ4n) is 1.59. The standard InChI is InChI=1S/C13H14N2O2S/c1-9-7-18-8-10(9)5-14-6-11-3-2-4-12(15-11)13(16)17/h2-4,7-8,14H,5-6H2,1H3,(H,16,17). The van der Waals surface area contributed by atoms with Gasteiger partial charge in [-0.05, 0) is 40.9 Å². The van der Waals surface area contributed by atoms with E-state index in [-0.39, 0.29) is 5.69 Å². The molecule has 4 nitrogen and oxygen atoms in total. The lowest BCUT2D eigenvalue weighted by atomic mass is 10.2. The van der Waals surface area contributed by atoms with Crippen molar-refractivity contribution in [3.63, 3.8) is 0 Å². The molecular weight excluding hydrogens is 248 g/mol. The van der Waals surface area contributed by atoms with Crippen molar-refractivity contribution >= 4 is 17.3 Å². The molecule has 0 fully saturated rings. The van der Waals surface area contributed by atoms with Gasteiger partial charge in [-0.2, -0.15) is 11.3 Å². The molecule has 0 spiro atoms. The number of aryl methyl sites for hydroxylation is 1. The van der Waals surface area contributed by atoms with E-state index in [4.69, 9.17) is 5.11 Å². The molecule has 0 aliphatic rings. The molecule has 0 unspecified atom stereocenters. The van der Waals surface area contributed by atoms with Crippen LogP contribution in [0.15, 0.2) is 29.0 Å². The molecule has 0 aliphatic heterocycles. The van der Waals surface area contributed by atoms with Crippen molar-refractivity contribution in [1.29, 1.82) is 0 Å². The van der Waals surface area contributed by atoms with Crippen LogP contribution in [0, 0.1) is 6.92 Å². The summed E-state index contributed by atoms with van der Waals surface area (Å²) >= 11 is 1.69. The third kappa shape index (κ3) is 3.15. The Balaban J connectivity index is 1.92. The van der Waals surface area contributed by atoms with Gasteiger partial charge in [-0.25, -0.2) is 9.78 Å². The summed E-state index contributed by atoms with van der Waals surface area (Å²) in [5, 5.41) is 16.3. The highest BCUT2D eigenvalue weighted by Crippen LogP contribution is 2.13. The fourth-order valence-corrected chi connectivity index (χ4v) is 2.45. The van der Waals surface area contributed by atoms with Gasteiger partial charge in [-0.1, -0.05) is 6.07 Å². The Bertz CT molecular complexity index is 551. The third-order valence-corrected chi connectivity index (χ3v) is 3.52. The molecule has 18 heavy (non-hydrogen) atoms. The predicted molar refractivity (Wildman–Crippen MR) is 70.8 cm³/mol. The average Bonchev–Trinajstić information content (AvgIpc) is 2.76. The summed E-state index contributed by atoms with van der Waals surface area (Å²) in [5.41, 5.74) is 3.37. The van der Waals surface area contributed by atoms with E-state index in [1.165, 1.54) is 17.2 Å². The molecule has 2 aromatic rings. The molecule has 0 saturated heterocycles. The van der Waals surface area contributed by atoms with Gasteiger partial charge in [0.1, 0.15) is 5.69 Å². The second-order valence-electron chi connectivity index (χ2n) is 4.00. The SMILES string of the molecule is Cc1cscc1CNCc1cccc(C(=O)O)n1. The van der Waals surface area contributed by atoms with Gasteiger partial charge in [-0.3, -0.25) is 0 Å². The van der Waals surface area contributed by atoms with E-state index in [0.29, 0.717) is 6.54 Å². The van der Waals surface area contributed by atoms with Crippen LogP contribution in [-0.2, 0) is 13.1 Å². The van der Waals surface area contributed by atoms with Gasteiger partial charge in [-0.15, -0.1) is 0 Å². The zero-order chi connectivity index (χ0) is 13.0. The molecule has 0 aromatic carbocycles. The predicted octanol–water partition coefficient (Wildman–Crippen LogP) is 2.44. The highest BCUT2D eigenvalue weighted by Gasteiger charge is 2.05. The minimum atomic E-state index is -0.995. The number of carbonyl (C=O) groups is 1. The summed E-state index contributed by atoms with van der Waals surface area (Å²) in [6.07, 6.45) is 0. The molecule has 94 valence electrons. The van der Waals surface area contributed by atoms with Crippen molar-refractivity contribution in [2.45, 2.75) is 20.0 Å². The van der Waals surface area contributed by atoms with Gasteiger partial charge in [0, 0.05) is 13.1 Å². The van der Waals surface area contributed by atoms with Crippen LogP contribution < -0.4 is 5.32 Å². The summed E-state index contributed by atoms with van der Waals surface area (Å²) < 4.78 is 0. The summed E-state index contributed by atoms with van der Waals surface area (Å²) in [6, 6.07) is 5.03. The number of carboxylic acid groups (broad SMARTS) is 1. The van der Waals surface area contributed by atoms with Gasteiger partial charge in [0.05, 0.1) is 5.69 Å². The number of nitrogens with zero attached hydrogens (tertiary/aromatic N) is 1. The summed E-state index contributed by atoms with van der Waals surface area (Å²) in [4.78, 5) is 14.8.